The number of halogens is 4. The Balaban J connectivity index is 2.02. The van der Waals surface area contributed by atoms with E-state index in [-0.39, 0.29) is 18.4 Å². The molecule has 0 radical (unpaired) electrons. The van der Waals surface area contributed by atoms with Crippen LogP contribution in [0.3, 0.4) is 0 Å². The molecule has 7 heteroatoms. The monoisotopic (exact) mass is 365 g/mol. The molecule has 1 heterocycles. The molecule has 0 aliphatic carbocycles. The fourth-order valence-corrected chi connectivity index (χ4v) is 2.74. The maximum Gasteiger partial charge on any atom is 0.416 e. The molecule has 1 amide bonds. The van der Waals surface area contributed by atoms with Gasteiger partial charge in [-0.05, 0) is 17.7 Å². The van der Waals surface area contributed by atoms with Crippen LogP contribution in [0.5, 0.6) is 0 Å². The van der Waals surface area contributed by atoms with Gasteiger partial charge in [-0.1, -0.05) is 28.1 Å². The van der Waals surface area contributed by atoms with Crippen LogP contribution in [-0.2, 0) is 22.1 Å². The Bertz CT molecular complexity index is 490. The van der Waals surface area contributed by atoms with Gasteiger partial charge in [-0.15, -0.1) is 0 Å². The molecule has 0 saturated carbocycles. The van der Waals surface area contributed by atoms with Crippen LogP contribution in [0, 0.1) is 0 Å². The summed E-state index contributed by atoms with van der Waals surface area (Å²) in [4.78, 5) is 14.0. The van der Waals surface area contributed by atoms with E-state index in [0.717, 1.165) is 12.1 Å². The molecule has 21 heavy (non-hydrogen) atoms. The highest BCUT2D eigenvalue weighted by Crippen LogP contribution is 2.29. The fourth-order valence-electron chi connectivity index (χ4n) is 2.20. The molecule has 116 valence electrons. The van der Waals surface area contributed by atoms with Crippen LogP contribution in [0.4, 0.5) is 13.2 Å². The van der Waals surface area contributed by atoms with Crippen molar-refractivity contribution in [3.8, 4) is 0 Å². The molecule has 3 nitrogen and oxygen atoms in total. The molecular formula is C14H15BrF3NO2. The molecule has 1 aliphatic heterocycles. The quantitative estimate of drug-likeness (QED) is 0.770. The Morgan fingerprint density at radius 2 is 2.00 bits per heavy atom. The molecule has 0 N–H and O–H groups in total. The predicted molar refractivity (Wildman–Crippen MR) is 75.3 cm³/mol. The Hall–Kier alpha value is -1.08. The number of benzene rings is 1. The first-order chi connectivity index (χ1) is 9.91. The third kappa shape index (κ3) is 4.20. The first-order valence-electron chi connectivity index (χ1n) is 6.51. The maximum atomic E-state index is 12.5. The summed E-state index contributed by atoms with van der Waals surface area (Å²) >= 11 is 3.34. The molecule has 1 unspecified atom stereocenters. The normalized spacial score (nSPS) is 19.6. The van der Waals surface area contributed by atoms with Crippen molar-refractivity contribution in [3.05, 3.63) is 35.4 Å². The van der Waals surface area contributed by atoms with Crippen LogP contribution in [0.15, 0.2) is 24.3 Å². The van der Waals surface area contributed by atoms with Crippen LogP contribution in [0.2, 0.25) is 0 Å². The van der Waals surface area contributed by atoms with Gasteiger partial charge in [-0.2, -0.15) is 13.2 Å². The van der Waals surface area contributed by atoms with Crippen LogP contribution in [0.25, 0.3) is 0 Å². The lowest BCUT2D eigenvalue weighted by molar-refractivity contribution is -0.138. The second-order valence-corrected chi connectivity index (χ2v) is 5.49. The van der Waals surface area contributed by atoms with Gasteiger partial charge in [0.15, 0.2) is 0 Å². The van der Waals surface area contributed by atoms with Crippen LogP contribution < -0.4 is 0 Å². The standard InChI is InChI=1S/C14H15BrF3NO2/c15-8-12-9-21-6-5-19(12)13(20)7-10-1-3-11(4-2-10)14(16,17)18/h1-4,12H,5-9H2. The number of hydrogen-bond donors (Lipinski definition) is 0. The first-order valence-corrected chi connectivity index (χ1v) is 7.63. The molecule has 1 atom stereocenters. The molecule has 1 saturated heterocycles. The molecule has 1 aromatic carbocycles. The third-order valence-electron chi connectivity index (χ3n) is 3.36. The van der Waals surface area contributed by atoms with Gasteiger partial charge in [0.2, 0.25) is 5.91 Å². The lowest BCUT2D eigenvalue weighted by Gasteiger charge is -2.34. The Labute approximate surface area is 129 Å². The molecule has 1 aliphatic rings. The molecule has 0 bridgehead atoms. The van der Waals surface area contributed by atoms with Gasteiger partial charge in [0.1, 0.15) is 0 Å². The Morgan fingerprint density at radius 3 is 2.57 bits per heavy atom. The van der Waals surface area contributed by atoms with Gasteiger partial charge in [0.25, 0.3) is 0 Å². The van der Waals surface area contributed by atoms with Crippen molar-refractivity contribution in [2.45, 2.75) is 18.6 Å². The van der Waals surface area contributed by atoms with Gasteiger partial charge in [0, 0.05) is 11.9 Å². The number of rotatable bonds is 3. The number of carbonyl (C=O) groups is 1. The summed E-state index contributed by atoms with van der Waals surface area (Å²) in [6.45, 7) is 1.47. The van der Waals surface area contributed by atoms with Crippen molar-refractivity contribution in [1.29, 1.82) is 0 Å². The number of morpholine rings is 1. The third-order valence-corrected chi connectivity index (χ3v) is 4.11. The molecule has 2 rings (SSSR count). The van der Waals surface area contributed by atoms with Gasteiger partial charge >= 0.3 is 6.18 Å². The van der Waals surface area contributed by atoms with Crippen molar-refractivity contribution in [3.63, 3.8) is 0 Å². The van der Waals surface area contributed by atoms with Crippen molar-refractivity contribution in [2.75, 3.05) is 25.1 Å². The summed E-state index contributed by atoms with van der Waals surface area (Å²) in [6, 6.07) is 4.68. The Morgan fingerprint density at radius 1 is 1.33 bits per heavy atom. The van der Waals surface area contributed by atoms with Gasteiger partial charge in [-0.25, -0.2) is 0 Å². The topological polar surface area (TPSA) is 29.5 Å². The van der Waals surface area contributed by atoms with E-state index in [4.69, 9.17) is 4.74 Å². The highest BCUT2D eigenvalue weighted by atomic mass is 79.9. The second-order valence-electron chi connectivity index (χ2n) is 4.84. The minimum atomic E-state index is -4.35. The minimum Gasteiger partial charge on any atom is -0.377 e. The number of ether oxygens (including phenoxy) is 1. The fraction of sp³-hybridized carbons (Fsp3) is 0.500. The highest BCUT2D eigenvalue weighted by Gasteiger charge is 2.30. The first kappa shape index (κ1) is 16.3. The number of alkyl halides is 4. The summed E-state index contributed by atoms with van der Waals surface area (Å²) in [5.74, 6) is -0.0949. The molecule has 0 spiro atoms. The zero-order valence-electron chi connectivity index (χ0n) is 11.2. The van der Waals surface area contributed by atoms with Gasteiger partial charge in [-0.3, -0.25) is 4.79 Å². The average molecular weight is 366 g/mol. The van der Waals surface area contributed by atoms with Crippen LogP contribution in [-0.4, -0.2) is 41.9 Å². The maximum absolute atomic E-state index is 12.5. The number of carbonyl (C=O) groups excluding carboxylic acids is 1. The zero-order valence-corrected chi connectivity index (χ0v) is 12.8. The molecule has 0 aromatic heterocycles. The van der Waals surface area contributed by atoms with Crippen molar-refractivity contribution in [1.82, 2.24) is 4.90 Å². The lowest BCUT2D eigenvalue weighted by Crippen LogP contribution is -2.50. The lowest BCUT2D eigenvalue weighted by atomic mass is 10.1. The number of nitrogens with zero attached hydrogens (tertiary/aromatic N) is 1. The van der Waals surface area contributed by atoms with E-state index in [1.165, 1.54) is 12.1 Å². The van der Waals surface area contributed by atoms with E-state index >= 15 is 0 Å². The number of amides is 1. The minimum absolute atomic E-state index is 0.0271. The van der Waals surface area contributed by atoms with Gasteiger partial charge in [0.05, 0.1) is 31.2 Å². The second kappa shape index (κ2) is 6.79. The SMILES string of the molecule is O=C(Cc1ccc(C(F)(F)F)cc1)N1CCOCC1CBr. The Kier molecular flexibility index (Phi) is 5.27. The average Bonchev–Trinajstić information content (AvgIpc) is 2.46. The molecule has 1 fully saturated rings. The smallest absolute Gasteiger partial charge is 0.377 e. The van der Waals surface area contributed by atoms with Crippen molar-refractivity contribution in [2.24, 2.45) is 0 Å². The van der Waals surface area contributed by atoms with E-state index in [1.54, 1.807) is 4.90 Å². The van der Waals surface area contributed by atoms with Crippen molar-refractivity contribution >= 4 is 21.8 Å². The van der Waals surface area contributed by atoms with Crippen LogP contribution >= 0.6 is 15.9 Å². The van der Waals surface area contributed by atoms with E-state index in [9.17, 15) is 18.0 Å². The highest BCUT2D eigenvalue weighted by molar-refractivity contribution is 9.09. The van der Waals surface area contributed by atoms with Gasteiger partial charge < -0.3 is 9.64 Å². The molecular weight excluding hydrogens is 351 g/mol. The summed E-state index contributed by atoms with van der Waals surface area (Å²) in [6.07, 6.45) is -4.25. The summed E-state index contributed by atoms with van der Waals surface area (Å²) in [7, 11) is 0. The summed E-state index contributed by atoms with van der Waals surface area (Å²) in [5.41, 5.74) is -0.128. The largest absolute Gasteiger partial charge is 0.416 e. The summed E-state index contributed by atoms with van der Waals surface area (Å²) < 4.78 is 42.7. The number of hydrogen-bond acceptors (Lipinski definition) is 2. The predicted octanol–water partition coefficient (Wildman–Crippen LogP) is 2.87. The zero-order chi connectivity index (χ0) is 15.5. The van der Waals surface area contributed by atoms with Crippen molar-refractivity contribution < 1.29 is 22.7 Å². The van der Waals surface area contributed by atoms with E-state index in [2.05, 4.69) is 15.9 Å². The summed E-state index contributed by atoms with van der Waals surface area (Å²) in [5, 5.41) is 0.617. The van der Waals surface area contributed by atoms with E-state index in [1.807, 2.05) is 0 Å². The van der Waals surface area contributed by atoms with E-state index < -0.39 is 11.7 Å². The van der Waals surface area contributed by atoms with E-state index in [0.29, 0.717) is 30.7 Å². The van der Waals surface area contributed by atoms with Crippen LogP contribution in [0.1, 0.15) is 11.1 Å². The molecule has 1 aromatic rings.